The maximum absolute atomic E-state index is 13.6. The molecule has 3 saturated heterocycles. The van der Waals surface area contributed by atoms with Crippen LogP contribution >= 0.6 is 0 Å². The van der Waals surface area contributed by atoms with E-state index >= 15 is 0 Å². The molecule has 9 heteroatoms. The first-order chi connectivity index (χ1) is 15.4. The Bertz CT molecular complexity index is 1130. The van der Waals surface area contributed by atoms with E-state index in [-0.39, 0.29) is 28.9 Å². The van der Waals surface area contributed by atoms with Gasteiger partial charge in [0.05, 0.1) is 29.9 Å². The molecule has 0 aromatic heterocycles. The van der Waals surface area contributed by atoms with E-state index in [4.69, 9.17) is 4.74 Å². The average molecular weight is 435 g/mol. The lowest BCUT2D eigenvalue weighted by molar-refractivity contribution is -0.384. The fraction of sp³-hybridized carbons (Fsp3) is 0.348. The number of benzene rings is 2. The number of methoxy groups -OCH3 is 1. The van der Waals surface area contributed by atoms with Crippen molar-refractivity contribution in [2.24, 2.45) is 11.8 Å². The minimum absolute atomic E-state index is 0.0431. The van der Waals surface area contributed by atoms with Gasteiger partial charge in [-0.1, -0.05) is 30.3 Å². The molecule has 3 heterocycles. The van der Waals surface area contributed by atoms with Crippen LogP contribution in [0, 0.1) is 22.0 Å². The van der Waals surface area contributed by atoms with Crippen LogP contribution in [0.1, 0.15) is 23.2 Å². The molecule has 164 valence electrons. The lowest BCUT2D eigenvalue weighted by atomic mass is 9.85. The molecule has 3 fully saturated rings. The predicted octanol–water partition coefficient (Wildman–Crippen LogP) is 2.44. The number of carbonyl (C=O) groups excluding carboxylic acids is 3. The number of non-ortho nitro benzene ring substituents is 1. The minimum Gasteiger partial charge on any atom is -0.495 e. The van der Waals surface area contributed by atoms with E-state index in [1.165, 1.54) is 25.3 Å². The highest BCUT2D eigenvalue weighted by atomic mass is 16.6. The van der Waals surface area contributed by atoms with Crippen molar-refractivity contribution >= 4 is 29.0 Å². The van der Waals surface area contributed by atoms with Crippen molar-refractivity contribution in [3.05, 3.63) is 64.2 Å². The molecule has 2 aromatic rings. The molecule has 0 bridgehead atoms. The number of fused-ring (bicyclic) bond motifs is 3. The van der Waals surface area contributed by atoms with Crippen LogP contribution in [0.4, 0.5) is 11.4 Å². The second-order valence-electron chi connectivity index (χ2n) is 8.30. The van der Waals surface area contributed by atoms with Gasteiger partial charge in [0, 0.05) is 23.7 Å². The monoisotopic (exact) mass is 435 g/mol. The van der Waals surface area contributed by atoms with Crippen molar-refractivity contribution in [1.82, 2.24) is 4.90 Å². The fourth-order valence-corrected chi connectivity index (χ4v) is 5.49. The molecule has 32 heavy (non-hydrogen) atoms. The highest BCUT2D eigenvalue weighted by molar-refractivity contribution is 6.25. The van der Waals surface area contributed by atoms with Gasteiger partial charge >= 0.3 is 0 Å². The van der Waals surface area contributed by atoms with Crippen LogP contribution in [0.2, 0.25) is 0 Å². The molecule has 2 amide bonds. The molecule has 2 aromatic carbocycles. The Morgan fingerprint density at radius 2 is 1.81 bits per heavy atom. The highest BCUT2D eigenvalue weighted by Crippen LogP contribution is 2.49. The summed E-state index contributed by atoms with van der Waals surface area (Å²) in [7, 11) is 1.37. The van der Waals surface area contributed by atoms with Crippen molar-refractivity contribution in [2.45, 2.75) is 24.9 Å². The molecule has 0 aliphatic carbocycles. The molecular formula is C23H21N3O6. The molecule has 9 nitrogen and oxygen atoms in total. The largest absolute Gasteiger partial charge is 0.495 e. The van der Waals surface area contributed by atoms with E-state index in [1.54, 1.807) is 24.3 Å². The van der Waals surface area contributed by atoms with E-state index < -0.39 is 34.6 Å². The molecule has 4 atom stereocenters. The number of imide groups is 1. The minimum atomic E-state index is -0.829. The zero-order valence-electron chi connectivity index (χ0n) is 17.3. The zero-order chi connectivity index (χ0) is 22.6. The number of ketones is 1. The number of hydrogen-bond donors (Lipinski definition) is 0. The maximum atomic E-state index is 13.6. The first-order valence-electron chi connectivity index (χ1n) is 10.5. The lowest BCUT2D eigenvalue weighted by Gasteiger charge is -2.28. The van der Waals surface area contributed by atoms with Crippen LogP contribution in [0.15, 0.2) is 48.5 Å². The summed E-state index contributed by atoms with van der Waals surface area (Å²) in [5.41, 5.74) is 0.287. The van der Waals surface area contributed by atoms with Crippen molar-refractivity contribution in [3.8, 4) is 5.75 Å². The number of Topliss-reactive ketones (excluding diaryl/α,β-unsaturated/α-hetero) is 1. The van der Waals surface area contributed by atoms with Crippen LogP contribution in [0.25, 0.3) is 0 Å². The van der Waals surface area contributed by atoms with Gasteiger partial charge in [-0.2, -0.15) is 0 Å². The molecular weight excluding hydrogens is 414 g/mol. The van der Waals surface area contributed by atoms with E-state index in [9.17, 15) is 24.5 Å². The van der Waals surface area contributed by atoms with E-state index in [0.29, 0.717) is 12.1 Å². The summed E-state index contributed by atoms with van der Waals surface area (Å²) < 4.78 is 5.30. The molecule has 0 N–H and O–H groups in total. The van der Waals surface area contributed by atoms with Gasteiger partial charge < -0.3 is 4.74 Å². The van der Waals surface area contributed by atoms with Crippen LogP contribution in [-0.4, -0.2) is 53.2 Å². The normalized spacial score (nSPS) is 26.8. The van der Waals surface area contributed by atoms with Gasteiger partial charge in [0.1, 0.15) is 11.4 Å². The second-order valence-corrected chi connectivity index (χ2v) is 8.30. The third-order valence-corrected chi connectivity index (χ3v) is 6.79. The number of hydrogen-bond acceptors (Lipinski definition) is 7. The number of carbonyl (C=O) groups is 3. The van der Waals surface area contributed by atoms with Gasteiger partial charge in [0.15, 0.2) is 5.78 Å². The van der Waals surface area contributed by atoms with Gasteiger partial charge in [0.2, 0.25) is 11.8 Å². The smallest absolute Gasteiger partial charge is 0.271 e. The van der Waals surface area contributed by atoms with E-state index in [0.717, 1.165) is 17.7 Å². The maximum Gasteiger partial charge on any atom is 0.271 e. The summed E-state index contributed by atoms with van der Waals surface area (Å²) in [6.45, 7) is 0.654. The molecule has 0 saturated carbocycles. The first kappa shape index (κ1) is 20.3. The Morgan fingerprint density at radius 1 is 1.09 bits per heavy atom. The number of anilines is 1. The van der Waals surface area contributed by atoms with Crippen LogP contribution in [-0.2, 0) is 9.59 Å². The summed E-state index contributed by atoms with van der Waals surface area (Å²) in [4.78, 5) is 54.3. The standard InChI is InChI=1S/C23H21N3O6/c1-32-17-10-9-14(26(30)31)12-16(17)25-22(28)18-15-8-5-11-24(15)20(19(18)23(25)29)21(27)13-6-3-2-4-7-13/h2-4,6-7,9-10,12,15,18-20H,5,8,11H2,1H3/t15-,18+,19-,20+/m1/s1. The number of ether oxygens (including phenoxy) is 1. The van der Waals surface area contributed by atoms with Crippen molar-refractivity contribution in [2.75, 3.05) is 18.6 Å². The van der Waals surface area contributed by atoms with Gasteiger partial charge in [0.25, 0.3) is 5.69 Å². The molecule has 0 unspecified atom stereocenters. The number of nitro benzene ring substituents is 1. The van der Waals surface area contributed by atoms with Crippen molar-refractivity contribution < 1.29 is 24.0 Å². The Labute approximate surface area is 183 Å². The van der Waals surface area contributed by atoms with Gasteiger partial charge in [-0.05, 0) is 25.5 Å². The quantitative estimate of drug-likeness (QED) is 0.307. The highest BCUT2D eigenvalue weighted by Gasteiger charge is 2.65. The number of rotatable bonds is 5. The Morgan fingerprint density at radius 3 is 2.50 bits per heavy atom. The third kappa shape index (κ3) is 2.85. The van der Waals surface area contributed by atoms with E-state index in [1.807, 2.05) is 11.0 Å². The predicted molar refractivity (Wildman–Crippen MR) is 113 cm³/mol. The molecule has 0 spiro atoms. The van der Waals surface area contributed by atoms with Crippen LogP contribution in [0.5, 0.6) is 5.75 Å². The number of nitro groups is 1. The molecule has 3 aliphatic heterocycles. The third-order valence-electron chi connectivity index (χ3n) is 6.79. The van der Waals surface area contributed by atoms with Gasteiger partial charge in [-0.15, -0.1) is 0 Å². The Kier molecular flexibility index (Phi) is 4.78. The second kappa shape index (κ2) is 7.52. The molecule has 3 aliphatic rings. The average Bonchev–Trinajstić information content (AvgIpc) is 3.45. The number of amides is 2. The van der Waals surface area contributed by atoms with Gasteiger partial charge in [-0.3, -0.25) is 29.4 Å². The van der Waals surface area contributed by atoms with Crippen LogP contribution in [0.3, 0.4) is 0 Å². The van der Waals surface area contributed by atoms with Gasteiger partial charge in [-0.25, -0.2) is 4.90 Å². The SMILES string of the molecule is COc1ccc([N+](=O)[O-])cc1N1C(=O)[C@@H]2[C@@H](C1=O)[C@@H](C(=O)c1ccccc1)N1CCC[C@H]21. The molecule has 5 rings (SSSR count). The van der Waals surface area contributed by atoms with Crippen molar-refractivity contribution in [3.63, 3.8) is 0 Å². The number of nitrogens with zero attached hydrogens (tertiary/aromatic N) is 3. The Hall–Kier alpha value is -3.59. The van der Waals surface area contributed by atoms with Crippen LogP contribution < -0.4 is 9.64 Å². The molecule has 0 radical (unpaired) electrons. The first-order valence-corrected chi connectivity index (χ1v) is 10.5. The topological polar surface area (TPSA) is 110 Å². The summed E-state index contributed by atoms with van der Waals surface area (Å²) in [6.07, 6.45) is 1.56. The summed E-state index contributed by atoms with van der Waals surface area (Å²) in [6, 6.07) is 11.6. The summed E-state index contributed by atoms with van der Waals surface area (Å²) in [5, 5.41) is 11.3. The van der Waals surface area contributed by atoms with Crippen molar-refractivity contribution in [1.29, 1.82) is 0 Å². The summed E-state index contributed by atoms with van der Waals surface area (Å²) in [5.74, 6) is -2.43. The Balaban J connectivity index is 1.59. The summed E-state index contributed by atoms with van der Waals surface area (Å²) >= 11 is 0. The zero-order valence-corrected chi connectivity index (χ0v) is 17.3. The van der Waals surface area contributed by atoms with E-state index in [2.05, 4.69) is 0 Å². The lowest BCUT2D eigenvalue weighted by Crippen LogP contribution is -2.46. The fourth-order valence-electron chi connectivity index (χ4n) is 5.49.